The number of thiophene rings is 1. The highest BCUT2D eigenvalue weighted by molar-refractivity contribution is 7.94. The maximum atomic E-state index is 13.1. The zero-order valence-electron chi connectivity index (χ0n) is 17.9. The van der Waals surface area contributed by atoms with Gasteiger partial charge in [-0.3, -0.25) is 9.52 Å². The molecule has 2 aliphatic rings. The number of ether oxygens (including phenoxy) is 2. The second-order valence-electron chi connectivity index (χ2n) is 8.06. The number of nitrogens with zero attached hydrogens (tertiary/aromatic N) is 1. The van der Waals surface area contributed by atoms with Gasteiger partial charge in [-0.1, -0.05) is 24.3 Å². The van der Waals surface area contributed by atoms with Gasteiger partial charge in [0.2, 0.25) is 5.91 Å². The minimum absolute atomic E-state index is 0.0187. The SMILES string of the molecule is O=C(Cc1ccc(NS(=O)(=O)c2cccs2)cc1)N1CCCC1c1ccc2c(c1)OCCO2. The van der Waals surface area contributed by atoms with Crippen LogP contribution >= 0.6 is 11.3 Å². The number of hydrogen-bond acceptors (Lipinski definition) is 6. The largest absolute Gasteiger partial charge is 0.486 e. The molecule has 1 fully saturated rings. The van der Waals surface area contributed by atoms with Crippen LogP contribution in [0.4, 0.5) is 5.69 Å². The number of sulfonamides is 1. The molecule has 2 aromatic carbocycles. The van der Waals surface area contributed by atoms with Crippen LogP contribution in [-0.2, 0) is 21.2 Å². The van der Waals surface area contributed by atoms with Crippen molar-refractivity contribution < 1.29 is 22.7 Å². The van der Waals surface area contributed by atoms with Crippen LogP contribution in [0.5, 0.6) is 11.5 Å². The lowest BCUT2D eigenvalue weighted by Gasteiger charge is -2.27. The van der Waals surface area contributed by atoms with Crippen LogP contribution in [0.3, 0.4) is 0 Å². The third-order valence-electron chi connectivity index (χ3n) is 5.85. The normalized spacial score (nSPS) is 17.7. The highest BCUT2D eigenvalue weighted by Gasteiger charge is 2.30. The van der Waals surface area contributed by atoms with Crippen molar-refractivity contribution in [3.8, 4) is 11.5 Å². The van der Waals surface area contributed by atoms with Crippen molar-refractivity contribution in [3.05, 3.63) is 71.1 Å². The molecule has 1 N–H and O–H groups in total. The third-order valence-corrected chi connectivity index (χ3v) is 8.62. The van der Waals surface area contributed by atoms with Gasteiger partial charge in [0.25, 0.3) is 10.0 Å². The summed E-state index contributed by atoms with van der Waals surface area (Å²) in [6.07, 6.45) is 2.13. The zero-order chi connectivity index (χ0) is 22.8. The number of hydrogen-bond donors (Lipinski definition) is 1. The van der Waals surface area contributed by atoms with Crippen LogP contribution in [0.2, 0.25) is 0 Å². The van der Waals surface area contributed by atoms with Gasteiger partial charge in [-0.25, -0.2) is 8.42 Å². The summed E-state index contributed by atoms with van der Waals surface area (Å²) < 4.78 is 38.9. The summed E-state index contributed by atoms with van der Waals surface area (Å²) >= 11 is 1.17. The molecule has 172 valence electrons. The fourth-order valence-corrected chi connectivity index (χ4v) is 6.32. The minimum atomic E-state index is -3.59. The number of carbonyl (C=O) groups excluding carboxylic acids is 1. The number of fused-ring (bicyclic) bond motifs is 1. The molecule has 0 saturated carbocycles. The van der Waals surface area contributed by atoms with E-state index in [1.165, 1.54) is 11.3 Å². The van der Waals surface area contributed by atoms with E-state index >= 15 is 0 Å². The number of anilines is 1. The van der Waals surface area contributed by atoms with Crippen LogP contribution < -0.4 is 14.2 Å². The first-order valence-electron chi connectivity index (χ1n) is 10.8. The van der Waals surface area contributed by atoms with Crippen LogP contribution in [0.15, 0.2) is 64.2 Å². The predicted octanol–water partition coefficient (Wildman–Crippen LogP) is 4.23. The summed E-state index contributed by atoms with van der Waals surface area (Å²) in [5.41, 5.74) is 2.37. The van der Waals surface area contributed by atoms with Crippen molar-refractivity contribution >= 4 is 33.0 Å². The Bertz CT molecular complexity index is 1240. The van der Waals surface area contributed by atoms with Gasteiger partial charge in [-0.05, 0) is 59.7 Å². The summed E-state index contributed by atoms with van der Waals surface area (Å²) in [6.45, 7) is 1.80. The molecule has 0 aliphatic carbocycles. The summed E-state index contributed by atoms with van der Waals surface area (Å²) in [5.74, 6) is 1.54. The van der Waals surface area contributed by atoms with E-state index in [0.717, 1.165) is 42.0 Å². The number of nitrogens with one attached hydrogen (secondary N) is 1. The lowest BCUT2D eigenvalue weighted by Crippen LogP contribution is -2.32. The van der Waals surface area contributed by atoms with E-state index in [4.69, 9.17) is 9.47 Å². The molecule has 33 heavy (non-hydrogen) atoms. The van der Waals surface area contributed by atoms with Gasteiger partial charge in [0.05, 0.1) is 12.5 Å². The van der Waals surface area contributed by atoms with Gasteiger partial charge in [-0.15, -0.1) is 11.3 Å². The molecule has 1 atom stereocenters. The Morgan fingerprint density at radius 2 is 1.85 bits per heavy atom. The molecule has 9 heteroatoms. The van der Waals surface area contributed by atoms with Gasteiger partial charge >= 0.3 is 0 Å². The quantitative estimate of drug-likeness (QED) is 0.566. The number of amides is 1. The molecule has 3 heterocycles. The molecule has 1 amide bonds. The first-order chi connectivity index (χ1) is 16.0. The summed E-state index contributed by atoms with van der Waals surface area (Å²) in [7, 11) is -3.59. The van der Waals surface area contributed by atoms with Gasteiger partial charge < -0.3 is 14.4 Å². The second-order valence-corrected chi connectivity index (χ2v) is 10.9. The molecule has 0 bridgehead atoms. The topological polar surface area (TPSA) is 84.9 Å². The van der Waals surface area contributed by atoms with Gasteiger partial charge in [0.1, 0.15) is 17.4 Å². The third kappa shape index (κ3) is 4.69. The van der Waals surface area contributed by atoms with Crippen LogP contribution in [0.1, 0.15) is 30.0 Å². The lowest BCUT2D eigenvalue weighted by molar-refractivity contribution is -0.131. The maximum Gasteiger partial charge on any atom is 0.271 e. The molecule has 1 unspecified atom stereocenters. The molecule has 2 aliphatic heterocycles. The van der Waals surface area contributed by atoms with E-state index in [0.29, 0.717) is 18.9 Å². The van der Waals surface area contributed by atoms with Crippen molar-refractivity contribution in [1.29, 1.82) is 0 Å². The Balaban J connectivity index is 1.25. The van der Waals surface area contributed by atoms with Gasteiger partial charge in [-0.2, -0.15) is 0 Å². The zero-order valence-corrected chi connectivity index (χ0v) is 19.5. The van der Waals surface area contributed by atoms with Gasteiger partial charge in [0.15, 0.2) is 11.5 Å². The standard InChI is InChI=1S/C24H24N2O5S2/c27-23(15-17-5-8-19(9-6-17)25-33(28,29)24-4-2-14-32-24)26-11-1-3-20(26)18-7-10-21-22(16-18)31-13-12-30-21/h2,4-10,14,16,20,25H,1,3,11-13,15H2. The van der Waals surface area contributed by atoms with E-state index in [1.807, 2.05) is 23.1 Å². The van der Waals surface area contributed by atoms with Crippen LogP contribution in [-0.4, -0.2) is 39.0 Å². The Kier molecular flexibility index (Phi) is 5.99. The fourth-order valence-electron chi connectivity index (χ4n) is 4.27. The molecule has 5 rings (SSSR count). The summed E-state index contributed by atoms with van der Waals surface area (Å²) in [6, 6.07) is 16.2. The van der Waals surface area contributed by atoms with Crippen molar-refractivity contribution in [1.82, 2.24) is 4.90 Å². The lowest BCUT2D eigenvalue weighted by atomic mass is 10.0. The average molecular weight is 485 g/mol. The first-order valence-corrected chi connectivity index (χ1v) is 13.2. The molecular formula is C24H24N2O5S2. The number of benzene rings is 2. The summed E-state index contributed by atoms with van der Waals surface area (Å²) in [4.78, 5) is 15.0. The molecule has 0 radical (unpaired) electrons. The van der Waals surface area contributed by atoms with Crippen LogP contribution in [0.25, 0.3) is 0 Å². The molecule has 1 aromatic heterocycles. The smallest absolute Gasteiger partial charge is 0.271 e. The average Bonchev–Trinajstić information content (AvgIpc) is 3.53. The van der Waals surface area contributed by atoms with Crippen molar-refractivity contribution in [2.75, 3.05) is 24.5 Å². The monoisotopic (exact) mass is 484 g/mol. The highest BCUT2D eigenvalue weighted by Crippen LogP contribution is 2.38. The first kappa shape index (κ1) is 21.8. The van der Waals surface area contributed by atoms with Crippen molar-refractivity contribution in [2.45, 2.75) is 29.5 Å². The fraction of sp³-hybridized carbons (Fsp3) is 0.292. The molecule has 0 spiro atoms. The second kappa shape index (κ2) is 9.07. The Hall–Kier alpha value is -3.04. The minimum Gasteiger partial charge on any atom is -0.486 e. The predicted molar refractivity (Wildman–Crippen MR) is 126 cm³/mol. The molecule has 3 aromatic rings. The van der Waals surface area contributed by atoms with E-state index in [-0.39, 0.29) is 22.6 Å². The molecule has 7 nitrogen and oxygen atoms in total. The number of carbonyl (C=O) groups is 1. The number of likely N-dealkylation sites (tertiary alicyclic amines) is 1. The Morgan fingerprint density at radius 3 is 2.61 bits per heavy atom. The Labute approximate surface area is 197 Å². The molecule has 1 saturated heterocycles. The summed E-state index contributed by atoms with van der Waals surface area (Å²) in [5, 5.41) is 1.72. The van der Waals surface area contributed by atoms with Crippen molar-refractivity contribution in [2.24, 2.45) is 0 Å². The number of rotatable bonds is 6. The van der Waals surface area contributed by atoms with E-state index in [1.54, 1.807) is 41.8 Å². The van der Waals surface area contributed by atoms with E-state index < -0.39 is 10.0 Å². The molecular weight excluding hydrogens is 460 g/mol. The van der Waals surface area contributed by atoms with Gasteiger partial charge in [0, 0.05) is 12.2 Å². The maximum absolute atomic E-state index is 13.1. The van der Waals surface area contributed by atoms with Crippen LogP contribution in [0, 0.1) is 0 Å². The van der Waals surface area contributed by atoms with E-state index in [9.17, 15) is 13.2 Å². The van der Waals surface area contributed by atoms with Crippen molar-refractivity contribution in [3.63, 3.8) is 0 Å². The Morgan fingerprint density at radius 1 is 1.06 bits per heavy atom. The van der Waals surface area contributed by atoms with E-state index in [2.05, 4.69) is 4.72 Å². The highest BCUT2D eigenvalue weighted by atomic mass is 32.2.